The Bertz CT molecular complexity index is 461. The van der Waals surface area contributed by atoms with Crippen LogP contribution in [-0.2, 0) is 0 Å². The monoisotopic (exact) mass is 271 g/mol. The minimum Gasteiger partial charge on any atom is -0.295 e. The van der Waals surface area contributed by atoms with Gasteiger partial charge in [0.05, 0.1) is 0 Å². The summed E-state index contributed by atoms with van der Waals surface area (Å²) in [6.07, 6.45) is 2.01. The van der Waals surface area contributed by atoms with Crippen LogP contribution in [0, 0.1) is 5.92 Å². The average Bonchev–Trinajstić information content (AvgIpc) is 2.71. The van der Waals surface area contributed by atoms with Crippen LogP contribution >= 0.6 is 0 Å². The molecule has 1 unspecified atom stereocenters. The van der Waals surface area contributed by atoms with Gasteiger partial charge >= 0.3 is 0 Å². The van der Waals surface area contributed by atoms with Gasteiger partial charge in [0.25, 0.3) is 0 Å². The smallest absolute Gasteiger partial charge is 0.104 e. The number of hydrogen-bond acceptors (Lipinski definition) is 1. The minimum atomic E-state index is -1.45. The van der Waals surface area contributed by atoms with Gasteiger partial charge in [0.2, 0.25) is 0 Å². The van der Waals surface area contributed by atoms with Crippen LogP contribution in [0.5, 0.6) is 0 Å². The Labute approximate surface area is 118 Å². The molecule has 1 saturated heterocycles. The highest BCUT2D eigenvalue weighted by atomic mass is 28.3. The molecule has 0 amide bonds. The number of benzene rings is 1. The normalized spacial score (nSPS) is 22.9. The first-order valence-corrected chi connectivity index (χ1v) is 10.2. The molecule has 19 heavy (non-hydrogen) atoms. The van der Waals surface area contributed by atoms with E-state index in [2.05, 4.69) is 67.5 Å². The van der Waals surface area contributed by atoms with Crippen molar-refractivity contribution in [2.75, 3.05) is 19.6 Å². The van der Waals surface area contributed by atoms with Gasteiger partial charge in [-0.15, -0.1) is 6.58 Å². The second-order valence-corrected chi connectivity index (χ2v) is 10.5. The molecule has 1 heterocycles. The minimum absolute atomic E-state index is 0.690. The second-order valence-electron chi connectivity index (χ2n) is 6.19. The fraction of sp³-hybridized carbons (Fsp3) is 0.412. The molecule has 2 heteroatoms. The molecular weight excluding hydrogens is 246 g/mol. The highest BCUT2D eigenvalue weighted by molar-refractivity contribution is 6.94. The summed E-state index contributed by atoms with van der Waals surface area (Å²) in [5.74, 6) is 0.690. The summed E-state index contributed by atoms with van der Waals surface area (Å²) in [5.41, 5.74) is 4.23. The van der Waals surface area contributed by atoms with E-state index in [-0.39, 0.29) is 0 Å². The van der Waals surface area contributed by atoms with Crippen molar-refractivity contribution in [3.8, 4) is 0 Å². The number of nitrogens with zero attached hydrogens (tertiary/aromatic N) is 1. The van der Waals surface area contributed by atoms with Crippen LogP contribution in [0.2, 0.25) is 13.1 Å². The Balaban J connectivity index is 2.18. The second kappa shape index (κ2) is 5.89. The summed E-state index contributed by atoms with van der Waals surface area (Å²) in [5, 5.41) is 1.52. The van der Waals surface area contributed by atoms with Gasteiger partial charge in [0.15, 0.2) is 0 Å². The third-order valence-corrected chi connectivity index (χ3v) is 6.94. The van der Waals surface area contributed by atoms with E-state index < -0.39 is 8.07 Å². The van der Waals surface area contributed by atoms with Crippen molar-refractivity contribution in [3.05, 3.63) is 54.3 Å². The van der Waals surface area contributed by atoms with E-state index >= 15 is 0 Å². The molecule has 1 atom stereocenters. The number of rotatable bonds is 4. The molecule has 1 aromatic carbocycles. The van der Waals surface area contributed by atoms with Crippen LogP contribution in [0.4, 0.5) is 0 Å². The molecule has 1 fully saturated rings. The Kier molecular flexibility index (Phi) is 4.43. The van der Waals surface area contributed by atoms with Crippen molar-refractivity contribution in [1.82, 2.24) is 4.90 Å². The van der Waals surface area contributed by atoms with Crippen molar-refractivity contribution in [2.24, 2.45) is 5.92 Å². The lowest BCUT2D eigenvalue weighted by Crippen LogP contribution is -2.40. The molecule has 0 saturated carbocycles. The zero-order valence-corrected chi connectivity index (χ0v) is 13.4. The van der Waals surface area contributed by atoms with E-state index in [0.717, 1.165) is 13.1 Å². The van der Waals surface area contributed by atoms with E-state index in [4.69, 9.17) is 0 Å². The van der Waals surface area contributed by atoms with Gasteiger partial charge < -0.3 is 0 Å². The molecule has 1 aliphatic heterocycles. The van der Waals surface area contributed by atoms with E-state index in [9.17, 15) is 0 Å². The van der Waals surface area contributed by atoms with Gasteiger partial charge in [-0.2, -0.15) is 0 Å². The van der Waals surface area contributed by atoms with Gasteiger partial charge in [-0.1, -0.05) is 72.9 Å². The maximum atomic E-state index is 3.84. The molecule has 102 valence electrons. The van der Waals surface area contributed by atoms with Crippen LogP contribution < -0.4 is 5.19 Å². The molecule has 2 rings (SSSR count). The zero-order valence-electron chi connectivity index (χ0n) is 12.4. The SMILES string of the molecule is C=CCN1CC(=C[Si](C)(C)c2ccccc2)C(C)C1. The van der Waals surface area contributed by atoms with E-state index in [0.29, 0.717) is 5.92 Å². The average molecular weight is 271 g/mol. The third-order valence-electron chi connectivity index (χ3n) is 4.02. The van der Waals surface area contributed by atoms with E-state index in [1.807, 2.05) is 6.08 Å². The zero-order chi connectivity index (χ0) is 13.9. The lowest BCUT2D eigenvalue weighted by atomic mass is 10.1. The summed E-state index contributed by atoms with van der Waals surface area (Å²) >= 11 is 0. The first kappa shape index (κ1) is 14.3. The number of likely N-dealkylation sites (tertiary alicyclic amines) is 1. The van der Waals surface area contributed by atoms with Crippen LogP contribution in [0.3, 0.4) is 0 Å². The predicted octanol–water partition coefficient (Wildman–Crippen LogP) is 3.21. The van der Waals surface area contributed by atoms with Crippen molar-refractivity contribution in [3.63, 3.8) is 0 Å². The van der Waals surface area contributed by atoms with Gasteiger partial charge in [0, 0.05) is 19.6 Å². The summed E-state index contributed by atoms with van der Waals surface area (Å²) in [7, 11) is -1.45. The van der Waals surface area contributed by atoms with E-state index in [1.165, 1.54) is 11.7 Å². The molecular formula is C17H25NSi. The lowest BCUT2D eigenvalue weighted by Gasteiger charge is -2.20. The fourth-order valence-electron chi connectivity index (χ4n) is 2.91. The fourth-order valence-corrected chi connectivity index (χ4v) is 5.43. The predicted molar refractivity (Wildman–Crippen MR) is 87.4 cm³/mol. The topological polar surface area (TPSA) is 3.24 Å². The van der Waals surface area contributed by atoms with Crippen LogP contribution in [0.25, 0.3) is 0 Å². The largest absolute Gasteiger partial charge is 0.295 e. The van der Waals surface area contributed by atoms with Crippen LogP contribution in [0.1, 0.15) is 6.92 Å². The summed E-state index contributed by atoms with van der Waals surface area (Å²) in [4.78, 5) is 2.49. The first-order valence-electron chi connectivity index (χ1n) is 7.13. The summed E-state index contributed by atoms with van der Waals surface area (Å²) < 4.78 is 0. The van der Waals surface area contributed by atoms with Crippen LogP contribution in [-0.4, -0.2) is 32.6 Å². The van der Waals surface area contributed by atoms with Gasteiger partial charge in [0.1, 0.15) is 8.07 Å². The molecule has 1 aromatic rings. The summed E-state index contributed by atoms with van der Waals surface area (Å²) in [6, 6.07) is 11.0. The third kappa shape index (κ3) is 3.46. The standard InChI is InChI=1S/C17H25NSi/c1-5-11-18-12-15(2)16(13-18)14-19(3,4)17-9-7-6-8-10-17/h5-10,14-15H,1,11-13H2,2-4H3. The van der Waals surface area contributed by atoms with E-state index in [1.54, 1.807) is 5.57 Å². The first-order chi connectivity index (χ1) is 9.03. The molecule has 1 nitrogen and oxygen atoms in total. The van der Waals surface area contributed by atoms with Crippen molar-refractivity contribution in [1.29, 1.82) is 0 Å². The molecule has 0 N–H and O–H groups in total. The maximum absolute atomic E-state index is 3.84. The van der Waals surface area contributed by atoms with Crippen LogP contribution in [0.15, 0.2) is 54.3 Å². The highest BCUT2D eigenvalue weighted by Gasteiger charge is 2.27. The molecule has 0 bridgehead atoms. The molecule has 0 spiro atoms. The Morgan fingerprint density at radius 1 is 1.32 bits per heavy atom. The van der Waals surface area contributed by atoms with Gasteiger partial charge in [-0.05, 0) is 5.92 Å². The van der Waals surface area contributed by atoms with Crippen molar-refractivity contribution < 1.29 is 0 Å². The summed E-state index contributed by atoms with van der Waals surface area (Å²) in [6.45, 7) is 14.4. The molecule has 1 aliphatic rings. The molecule has 0 radical (unpaired) electrons. The quantitative estimate of drug-likeness (QED) is 0.600. The van der Waals surface area contributed by atoms with Gasteiger partial charge in [-0.25, -0.2) is 0 Å². The number of hydrogen-bond donors (Lipinski definition) is 0. The Morgan fingerprint density at radius 2 is 2.00 bits per heavy atom. The maximum Gasteiger partial charge on any atom is 0.104 e. The molecule has 0 aromatic heterocycles. The Hall–Kier alpha value is -1.12. The molecule has 0 aliphatic carbocycles. The van der Waals surface area contributed by atoms with Gasteiger partial charge in [-0.3, -0.25) is 4.90 Å². The lowest BCUT2D eigenvalue weighted by molar-refractivity contribution is 0.365. The van der Waals surface area contributed by atoms with Crippen molar-refractivity contribution >= 4 is 13.3 Å². The highest BCUT2D eigenvalue weighted by Crippen LogP contribution is 2.24. The Morgan fingerprint density at radius 3 is 2.63 bits per heavy atom. The van der Waals surface area contributed by atoms with Crippen molar-refractivity contribution in [2.45, 2.75) is 20.0 Å².